The Hall–Kier alpha value is -3.08. The number of carbonyl (C=O) groups is 1. The van der Waals surface area contributed by atoms with Gasteiger partial charge in [-0.3, -0.25) is 4.79 Å². The number of hydrogen-bond acceptors (Lipinski definition) is 3. The zero-order valence-electron chi connectivity index (χ0n) is 16.9. The molecule has 0 saturated carbocycles. The topological polar surface area (TPSA) is 56.1 Å². The lowest BCUT2D eigenvalue weighted by Gasteiger charge is -2.09. The Morgan fingerprint density at radius 3 is 2.57 bits per heavy atom. The van der Waals surface area contributed by atoms with Gasteiger partial charge in [-0.2, -0.15) is 5.10 Å². The number of ether oxygens (including phenoxy) is 1. The molecule has 1 N–H and O–H groups in total. The van der Waals surface area contributed by atoms with Crippen LogP contribution in [0.2, 0.25) is 0 Å². The fourth-order valence-corrected chi connectivity index (χ4v) is 2.91. The van der Waals surface area contributed by atoms with Gasteiger partial charge in [-0.15, -0.1) is 0 Å². The van der Waals surface area contributed by atoms with Crippen molar-refractivity contribution in [3.63, 3.8) is 0 Å². The van der Waals surface area contributed by atoms with Crippen LogP contribution >= 0.6 is 0 Å². The quantitative estimate of drug-likeness (QED) is 0.653. The van der Waals surface area contributed by atoms with Crippen LogP contribution in [0.3, 0.4) is 0 Å². The minimum absolute atomic E-state index is 0.122. The maximum absolute atomic E-state index is 12.9. The molecule has 0 fully saturated rings. The van der Waals surface area contributed by atoms with Crippen molar-refractivity contribution in [1.29, 1.82) is 0 Å². The molecule has 1 aromatic heterocycles. The molecule has 0 atom stereocenters. The standard InChI is InChI=1S/C23H27N3O2/c1-16(2)12-13-24-23(27)22-15-21(18-6-5-7-20(14-18)28-4)25-26(22)19-10-8-17(3)9-11-19/h5-11,14-16H,12-13H2,1-4H3,(H,24,27). The molecule has 1 heterocycles. The van der Waals surface area contributed by atoms with Gasteiger partial charge in [0.25, 0.3) is 5.91 Å². The molecule has 0 aliphatic carbocycles. The highest BCUT2D eigenvalue weighted by Gasteiger charge is 2.18. The molecule has 0 unspecified atom stereocenters. The molecule has 0 saturated heterocycles. The summed E-state index contributed by atoms with van der Waals surface area (Å²) in [6.07, 6.45) is 0.938. The first kappa shape index (κ1) is 19.7. The summed E-state index contributed by atoms with van der Waals surface area (Å²) >= 11 is 0. The van der Waals surface area contributed by atoms with Crippen molar-refractivity contribution in [3.05, 3.63) is 65.9 Å². The van der Waals surface area contributed by atoms with Gasteiger partial charge >= 0.3 is 0 Å². The van der Waals surface area contributed by atoms with Gasteiger partial charge in [0.05, 0.1) is 18.5 Å². The molecule has 2 aromatic carbocycles. The SMILES string of the molecule is COc1cccc(-c2cc(C(=O)NCCC(C)C)n(-c3ccc(C)cc3)n2)c1. The number of aromatic nitrogens is 2. The van der Waals surface area contributed by atoms with Crippen LogP contribution in [0.25, 0.3) is 16.9 Å². The number of carbonyl (C=O) groups excluding carboxylic acids is 1. The molecule has 0 aliphatic heterocycles. The minimum Gasteiger partial charge on any atom is -0.497 e. The summed E-state index contributed by atoms with van der Waals surface area (Å²) in [5, 5.41) is 7.74. The Morgan fingerprint density at radius 1 is 1.14 bits per heavy atom. The van der Waals surface area contributed by atoms with Crippen LogP contribution in [-0.4, -0.2) is 29.3 Å². The molecule has 146 valence electrons. The number of aryl methyl sites for hydroxylation is 1. The van der Waals surface area contributed by atoms with Gasteiger partial charge in [-0.1, -0.05) is 43.7 Å². The van der Waals surface area contributed by atoms with Crippen LogP contribution in [0, 0.1) is 12.8 Å². The smallest absolute Gasteiger partial charge is 0.270 e. The average Bonchev–Trinajstić information content (AvgIpc) is 3.14. The zero-order chi connectivity index (χ0) is 20.1. The molecule has 5 heteroatoms. The van der Waals surface area contributed by atoms with E-state index in [1.54, 1.807) is 11.8 Å². The van der Waals surface area contributed by atoms with Crippen LogP contribution in [0.1, 0.15) is 36.3 Å². The molecule has 0 radical (unpaired) electrons. The van der Waals surface area contributed by atoms with Crippen molar-refractivity contribution in [2.24, 2.45) is 5.92 Å². The van der Waals surface area contributed by atoms with Crippen LogP contribution in [0.15, 0.2) is 54.6 Å². The van der Waals surface area contributed by atoms with E-state index in [-0.39, 0.29) is 5.91 Å². The van der Waals surface area contributed by atoms with E-state index in [2.05, 4.69) is 19.2 Å². The second kappa shape index (κ2) is 8.74. The van der Waals surface area contributed by atoms with E-state index in [9.17, 15) is 4.79 Å². The Balaban J connectivity index is 1.99. The summed E-state index contributed by atoms with van der Waals surface area (Å²) in [6.45, 7) is 6.96. The van der Waals surface area contributed by atoms with Crippen LogP contribution in [0.4, 0.5) is 0 Å². The van der Waals surface area contributed by atoms with E-state index in [1.165, 1.54) is 0 Å². The molecule has 0 spiro atoms. The largest absolute Gasteiger partial charge is 0.497 e. The van der Waals surface area contributed by atoms with E-state index in [4.69, 9.17) is 9.84 Å². The Kier molecular flexibility index (Phi) is 6.14. The molecule has 0 aliphatic rings. The Morgan fingerprint density at radius 2 is 1.89 bits per heavy atom. The molecule has 5 nitrogen and oxygen atoms in total. The number of rotatable bonds is 7. The third kappa shape index (κ3) is 4.60. The first-order chi connectivity index (χ1) is 13.5. The highest BCUT2D eigenvalue weighted by molar-refractivity contribution is 5.94. The predicted octanol–water partition coefficient (Wildman–Crippen LogP) is 4.63. The van der Waals surface area contributed by atoms with Crippen molar-refractivity contribution in [3.8, 4) is 22.7 Å². The molecule has 0 bridgehead atoms. The predicted molar refractivity (Wildman–Crippen MR) is 112 cm³/mol. The van der Waals surface area contributed by atoms with Crippen LogP contribution in [-0.2, 0) is 0 Å². The van der Waals surface area contributed by atoms with Gasteiger partial charge in [0.2, 0.25) is 0 Å². The summed E-state index contributed by atoms with van der Waals surface area (Å²) < 4.78 is 7.03. The highest BCUT2D eigenvalue weighted by atomic mass is 16.5. The molecule has 3 aromatic rings. The van der Waals surface area contributed by atoms with Crippen LogP contribution in [0.5, 0.6) is 5.75 Å². The monoisotopic (exact) mass is 377 g/mol. The first-order valence-corrected chi connectivity index (χ1v) is 9.57. The van der Waals surface area contributed by atoms with Crippen molar-refractivity contribution in [2.45, 2.75) is 27.2 Å². The van der Waals surface area contributed by atoms with Gasteiger partial charge < -0.3 is 10.1 Å². The molecule has 28 heavy (non-hydrogen) atoms. The number of methoxy groups -OCH3 is 1. The Bertz CT molecular complexity index is 943. The fourth-order valence-electron chi connectivity index (χ4n) is 2.91. The second-order valence-electron chi connectivity index (χ2n) is 7.33. The number of benzene rings is 2. The van der Waals surface area contributed by atoms with Crippen LogP contribution < -0.4 is 10.1 Å². The van der Waals surface area contributed by atoms with E-state index in [1.807, 2.05) is 61.5 Å². The molecular weight excluding hydrogens is 350 g/mol. The third-order valence-corrected chi connectivity index (χ3v) is 4.59. The number of hydrogen-bond donors (Lipinski definition) is 1. The van der Waals surface area contributed by atoms with E-state index < -0.39 is 0 Å². The summed E-state index contributed by atoms with van der Waals surface area (Å²) in [4.78, 5) is 12.9. The van der Waals surface area contributed by atoms with Gasteiger partial charge in [0, 0.05) is 12.1 Å². The Labute approximate surface area is 166 Å². The van der Waals surface area contributed by atoms with Crippen molar-refractivity contribution in [2.75, 3.05) is 13.7 Å². The highest BCUT2D eigenvalue weighted by Crippen LogP contribution is 2.25. The normalized spacial score (nSPS) is 10.9. The zero-order valence-corrected chi connectivity index (χ0v) is 16.9. The lowest BCUT2D eigenvalue weighted by molar-refractivity contribution is 0.0944. The second-order valence-corrected chi connectivity index (χ2v) is 7.33. The van der Waals surface area contributed by atoms with Gasteiger partial charge in [-0.05, 0) is 49.6 Å². The maximum Gasteiger partial charge on any atom is 0.270 e. The number of amides is 1. The summed E-state index contributed by atoms with van der Waals surface area (Å²) in [6, 6.07) is 17.5. The van der Waals surface area contributed by atoms with Crippen molar-refractivity contribution < 1.29 is 9.53 Å². The average molecular weight is 377 g/mol. The molecule has 3 rings (SSSR count). The van der Waals surface area contributed by atoms with E-state index >= 15 is 0 Å². The summed E-state index contributed by atoms with van der Waals surface area (Å²) in [5.74, 6) is 1.17. The molecule has 1 amide bonds. The van der Waals surface area contributed by atoms with Gasteiger partial charge in [0.1, 0.15) is 11.4 Å². The number of nitrogens with one attached hydrogen (secondary N) is 1. The van der Waals surface area contributed by atoms with Crippen molar-refractivity contribution in [1.82, 2.24) is 15.1 Å². The molecular formula is C23H27N3O2. The van der Waals surface area contributed by atoms with E-state index in [0.29, 0.717) is 18.2 Å². The summed E-state index contributed by atoms with van der Waals surface area (Å²) in [5.41, 5.74) is 4.17. The lowest BCUT2D eigenvalue weighted by Crippen LogP contribution is -2.27. The van der Waals surface area contributed by atoms with E-state index in [0.717, 1.165) is 34.7 Å². The fraction of sp³-hybridized carbons (Fsp3) is 0.304. The van der Waals surface area contributed by atoms with Gasteiger partial charge in [-0.25, -0.2) is 4.68 Å². The van der Waals surface area contributed by atoms with Gasteiger partial charge in [0.15, 0.2) is 0 Å². The third-order valence-electron chi connectivity index (χ3n) is 4.59. The first-order valence-electron chi connectivity index (χ1n) is 9.57. The summed E-state index contributed by atoms with van der Waals surface area (Å²) in [7, 11) is 1.64. The number of nitrogens with zero attached hydrogens (tertiary/aromatic N) is 2. The minimum atomic E-state index is -0.122. The van der Waals surface area contributed by atoms with Crippen molar-refractivity contribution >= 4 is 5.91 Å². The maximum atomic E-state index is 12.9. The lowest BCUT2D eigenvalue weighted by atomic mass is 10.1.